The number of methoxy groups -OCH3 is 1. The fourth-order valence-corrected chi connectivity index (χ4v) is 4.29. The number of hydrogen-bond donors (Lipinski definition) is 2. The first-order valence-electron chi connectivity index (χ1n) is 11.6. The van der Waals surface area contributed by atoms with E-state index < -0.39 is 23.8 Å². The fourth-order valence-electron chi connectivity index (χ4n) is 3.89. The number of anilines is 2. The third-order valence-electron chi connectivity index (χ3n) is 5.75. The molecule has 1 aliphatic rings. The van der Waals surface area contributed by atoms with Gasteiger partial charge < -0.3 is 14.8 Å². The van der Waals surface area contributed by atoms with E-state index in [1.165, 1.54) is 49.6 Å². The highest BCUT2D eigenvalue weighted by Crippen LogP contribution is 2.37. The Hall–Kier alpha value is -4.34. The van der Waals surface area contributed by atoms with Crippen molar-refractivity contribution in [3.8, 4) is 11.5 Å². The first-order valence-corrected chi connectivity index (χ1v) is 12.4. The van der Waals surface area contributed by atoms with E-state index in [0.717, 1.165) is 16.0 Å². The molecule has 1 fully saturated rings. The summed E-state index contributed by atoms with van der Waals surface area (Å²) < 4.78 is 11.0. The molecule has 9 nitrogen and oxygen atoms in total. The molecule has 39 heavy (non-hydrogen) atoms. The smallest absolute Gasteiger partial charge is 0.335 e. The molecule has 1 heterocycles. The zero-order valence-electron chi connectivity index (χ0n) is 21.1. The van der Waals surface area contributed by atoms with Crippen molar-refractivity contribution in [1.29, 1.82) is 0 Å². The molecule has 3 aromatic rings. The van der Waals surface area contributed by atoms with Crippen LogP contribution in [0.1, 0.15) is 16.7 Å². The molecule has 5 amide bonds. The lowest BCUT2D eigenvalue weighted by Gasteiger charge is -2.26. The van der Waals surface area contributed by atoms with Crippen LogP contribution in [0, 0.1) is 13.8 Å². The summed E-state index contributed by atoms with van der Waals surface area (Å²) in [6.07, 6.45) is 1.28. The molecule has 0 aromatic heterocycles. The van der Waals surface area contributed by atoms with Crippen LogP contribution in [-0.2, 0) is 14.4 Å². The van der Waals surface area contributed by atoms with Crippen LogP contribution in [0.15, 0.2) is 60.2 Å². The molecule has 4 rings (SSSR count). The number of carbonyl (C=O) groups is 4. The number of amides is 5. The predicted octanol–water partition coefficient (Wildman–Crippen LogP) is 5.30. The van der Waals surface area contributed by atoms with Gasteiger partial charge in [-0.05, 0) is 73.5 Å². The number of ether oxygens (including phenoxy) is 2. The highest BCUT2D eigenvalue weighted by atomic mass is 35.5. The Balaban J connectivity index is 1.55. The number of benzene rings is 3. The van der Waals surface area contributed by atoms with E-state index in [1.54, 1.807) is 0 Å². The average Bonchev–Trinajstić information content (AvgIpc) is 2.88. The van der Waals surface area contributed by atoms with Gasteiger partial charge in [-0.25, -0.2) is 9.69 Å². The first-order chi connectivity index (χ1) is 18.6. The Bertz CT molecular complexity index is 1520. The van der Waals surface area contributed by atoms with Crippen molar-refractivity contribution in [2.45, 2.75) is 13.8 Å². The van der Waals surface area contributed by atoms with Crippen molar-refractivity contribution in [3.05, 3.63) is 86.9 Å². The quantitative estimate of drug-likeness (QED) is 0.295. The van der Waals surface area contributed by atoms with Gasteiger partial charge in [0.05, 0.1) is 17.8 Å². The van der Waals surface area contributed by atoms with E-state index in [2.05, 4.69) is 10.6 Å². The number of barbiturate groups is 1. The van der Waals surface area contributed by atoms with Crippen LogP contribution in [0.4, 0.5) is 16.2 Å². The van der Waals surface area contributed by atoms with Gasteiger partial charge >= 0.3 is 6.03 Å². The number of nitrogens with one attached hydrogen (secondary N) is 2. The fraction of sp³-hybridized carbons (Fsp3) is 0.143. The van der Waals surface area contributed by atoms with Crippen LogP contribution in [0.3, 0.4) is 0 Å². The molecular formula is C28H23Cl2N3O6. The molecular weight excluding hydrogens is 545 g/mol. The maximum Gasteiger partial charge on any atom is 0.335 e. The Morgan fingerprint density at radius 1 is 1.03 bits per heavy atom. The zero-order valence-corrected chi connectivity index (χ0v) is 22.6. The van der Waals surface area contributed by atoms with Crippen LogP contribution in [0.2, 0.25) is 10.0 Å². The van der Waals surface area contributed by atoms with Crippen LogP contribution in [-0.4, -0.2) is 37.5 Å². The lowest BCUT2D eigenvalue weighted by Crippen LogP contribution is -2.54. The van der Waals surface area contributed by atoms with Crippen molar-refractivity contribution in [3.63, 3.8) is 0 Å². The maximum atomic E-state index is 13.1. The minimum absolute atomic E-state index is 0.0785. The minimum Gasteiger partial charge on any atom is -0.493 e. The van der Waals surface area contributed by atoms with Crippen molar-refractivity contribution in [2.75, 3.05) is 23.9 Å². The van der Waals surface area contributed by atoms with Crippen molar-refractivity contribution >= 4 is 64.4 Å². The molecule has 0 spiro atoms. The number of aryl methyl sites for hydroxylation is 2. The Morgan fingerprint density at radius 3 is 2.41 bits per heavy atom. The lowest BCUT2D eigenvalue weighted by molar-refractivity contribution is -0.122. The van der Waals surface area contributed by atoms with E-state index in [-0.39, 0.29) is 34.4 Å². The Morgan fingerprint density at radius 2 is 1.74 bits per heavy atom. The van der Waals surface area contributed by atoms with Crippen LogP contribution in [0.5, 0.6) is 11.5 Å². The van der Waals surface area contributed by atoms with Gasteiger partial charge in [-0.3, -0.25) is 19.7 Å². The van der Waals surface area contributed by atoms with Crippen LogP contribution >= 0.6 is 23.2 Å². The summed E-state index contributed by atoms with van der Waals surface area (Å²) >= 11 is 12.3. The van der Waals surface area contributed by atoms with Gasteiger partial charge in [-0.2, -0.15) is 0 Å². The highest BCUT2D eigenvalue weighted by Gasteiger charge is 2.36. The Kier molecular flexibility index (Phi) is 8.23. The predicted molar refractivity (Wildman–Crippen MR) is 148 cm³/mol. The molecule has 1 saturated heterocycles. The number of halogens is 2. The van der Waals surface area contributed by atoms with Gasteiger partial charge in [-0.1, -0.05) is 40.9 Å². The molecule has 0 aliphatic carbocycles. The number of imide groups is 2. The summed E-state index contributed by atoms with van der Waals surface area (Å²) in [4.78, 5) is 51.3. The minimum atomic E-state index is -0.886. The SMILES string of the molecule is COc1cc(/C=C2/C(=O)NC(=O)N(c3ccc(Cl)cc3)C2=O)cc(Cl)c1OCC(=O)Nc1ccc(C)cc1C. The number of carbonyl (C=O) groups excluding carboxylic acids is 4. The number of nitrogens with zero attached hydrogens (tertiary/aromatic N) is 1. The van der Waals surface area contributed by atoms with Crippen molar-refractivity contribution in [2.24, 2.45) is 0 Å². The van der Waals surface area contributed by atoms with Gasteiger partial charge in [0.25, 0.3) is 17.7 Å². The largest absolute Gasteiger partial charge is 0.493 e. The van der Waals surface area contributed by atoms with E-state index in [0.29, 0.717) is 16.3 Å². The molecule has 0 unspecified atom stereocenters. The molecule has 3 aromatic carbocycles. The summed E-state index contributed by atoms with van der Waals surface area (Å²) in [5.74, 6) is -1.82. The van der Waals surface area contributed by atoms with E-state index in [1.807, 2.05) is 32.0 Å². The molecule has 11 heteroatoms. The number of urea groups is 1. The van der Waals surface area contributed by atoms with E-state index in [4.69, 9.17) is 32.7 Å². The van der Waals surface area contributed by atoms with Gasteiger partial charge in [0.15, 0.2) is 18.1 Å². The third-order valence-corrected chi connectivity index (χ3v) is 6.29. The summed E-state index contributed by atoms with van der Waals surface area (Å²) in [7, 11) is 1.38. The number of rotatable bonds is 7. The molecule has 2 N–H and O–H groups in total. The molecule has 0 saturated carbocycles. The van der Waals surface area contributed by atoms with Crippen LogP contribution < -0.4 is 25.0 Å². The second-order valence-corrected chi connectivity index (χ2v) is 9.47. The van der Waals surface area contributed by atoms with Crippen molar-refractivity contribution in [1.82, 2.24) is 5.32 Å². The molecule has 0 atom stereocenters. The summed E-state index contributed by atoms with van der Waals surface area (Å²) in [6, 6.07) is 13.7. The van der Waals surface area contributed by atoms with Gasteiger partial charge in [0, 0.05) is 10.7 Å². The second-order valence-electron chi connectivity index (χ2n) is 8.62. The Labute approximate surface area is 234 Å². The zero-order chi connectivity index (χ0) is 28.3. The maximum absolute atomic E-state index is 13.1. The highest BCUT2D eigenvalue weighted by molar-refractivity contribution is 6.39. The monoisotopic (exact) mass is 567 g/mol. The standard InChI is InChI=1S/C28H23Cl2N3O6/c1-15-4-9-22(16(2)10-15)31-24(34)14-39-25-21(30)12-17(13-23(25)38-3)11-20-26(35)32-28(37)33(27(20)36)19-7-5-18(29)6-8-19/h4-13H,14H2,1-3H3,(H,31,34)(H,32,35,37)/b20-11-. The molecule has 1 aliphatic heterocycles. The van der Waals surface area contributed by atoms with Crippen LogP contribution in [0.25, 0.3) is 6.08 Å². The van der Waals surface area contributed by atoms with Crippen molar-refractivity contribution < 1.29 is 28.7 Å². The van der Waals surface area contributed by atoms with Gasteiger partial charge in [-0.15, -0.1) is 0 Å². The second kappa shape index (κ2) is 11.6. The summed E-state index contributed by atoms with van der Waals surface area (Å²) in [5.41, 5.74) is 2.91. The van der Waals surface area contributed by atoms with Gasteiger partial charge in [0.1, 0.15) is 5.57 Å². The average molecular weight is 568 g/mol. The van der Waals surface area contributed by atoms with E-state index in [9.17, 15) is 19.2 Å². The lowest BCUT2D eigenvalue weighted by atomic mass is 10.1. The third kappa shape index (κ3) is 6.22. The molecule has 0 bridgehead atoms. The van der Waals surface area contributed by atoms with E-state index >= 15 is 0 Å². The van der Waals surface area contributed by atoms with Gasteiger partial charge in [0.2, 0.25) is 0 Å². The summed E-state index contributed by atoms with van der Waals surface area (Å²) in [5, 5.41) is 5.43. The topological polar surface area (TPSA) is 114 Å². The number of hydrogen-bond acceptors (Lipinski definition) is 6. The first kappa shape index (κ1) is 27.7. The molecule has 0 radical (unpaired) electrons. The summed E-state index contributed by atoms with van der Waals surface area (Å²) in [6.45, 7) is 3.50. The normalized spacial score (nSPS) is 14.3. The molecule has 200 valence electrons.